The van der Waals surface area contributed by atoms with E-state index in [0.717, 1.165) is 28.8 Å². The third kappa shape index (κ3) is 3.04. The zero-order valence-corrected chi connectivity index (χ0v) is 14.4. The largest absolute Gasteiger partial charge is 0.493 e. The maximum Gasteiger partial charge on any atom is 0.185 e. The van der Waals surface area contributed by atoms with Gasteiger partial charge in [0.1, 0.15) is 5.75 Å². The Morgan fingerprint density at radius 3 is 3.04 bits per heavy atom. The second-order valence-corrected chi connectivity index (χ2v) is 6.92. The summed E-state index contributed by atoms with van der Waals surface area (Å²) in [6, 6.07) is 16.8. The van der Waals surface area contributed by atoms with Gasteiger partial charge in [-0.2, -0.15) is 5.10 Å². The fraction of sp³-hybridized carbons (Fsp3) is 0.263. The first-order valence-electron chi connectivity index (χ1n) is 8.13. The highest BCUT2D eigenvalue weighted by Gasteiger charge is 2.32. The molecule has 122 valence electrons. The second-order valence-electron chi connectivity index (χ2n) is 5.86. The quantitative estimate of drug-likeness (QED) is 0.769. The van der Waals surface area contributed by atoms with Crippen LogP contribution < -0.4 is 4.74 Å². The Balaban J connectivity index is 1.41. The lowest BCUT2D eigenvalue weighted by Gasteiger charge is -2.29. The fourth-order valence-electron chi connectivity index (χ4n) is 2.98. The predicted octanol–water partition coefficient (Wildman–Crippen LogP) is 4.54. The molecule has 2 aliphatic rings. The summed E-state index contributed by atoms with van der Waals surface area (Å²) in [6.07, 6.45) is 2.92. The molecule has 2 aromatic rings. The minimum atomic E-state index is 0.291. The first kappa shape index (κ1) is 15.3. The Bertz CT molecular complexity index is 803. The van der Waals surface area contributed by atoms with Crippen molar-refractivity contribution in [3.05, 3.63) is 59.7 Å². The first-order chi connectivity index (χ1) is 11.8. The van der Waals surface area contributed by atoms with Gasteiger partial charge in [0.05, 0.1) is 18.3 Å². The molecule has 0 N–H and O–H groups in total. The first-order valence-corrected chi connectivity index (χ1v) is 9.11. The van der Waals surface area contributed by atoms with E-state index in [1.165, 1.54) is 11.1 Å². The lowest BCUT2D eigenvalue weighted by molar-refractivity contribution is 0.343. The van der Waals surface area contributed by atoms with Gasteiger partial charge in [-0.15, -0.1) is 0 Å². The van der Waals surface area contributed by atoms with Crippen molar-refractivity contribution in [2.45, 2.75) is 19.4 Å². The van der Waals surface area contributed by atoms with Crippen LogP contribution in [0, 0.1) is 6.92 Å². The number of ether oxygens (including phenoxy) is 1. The van der Waals surface area contributed by atoms with Crippen LogP contribution in [-0.2, 0) is 0 Å². The number of hydrogen-bond donors (Lipinski definition) is 0. The number of benzene rings is 2. The Morgan fingerprint density at radius 2 is 2.12 bits per heavy atom. The average molecular weight is 337 g/mol. The van der Waals surface area contributed by atoms with Crippen molar-refractivity contribution < 1.29 is 4.74 Å². The van der Waals surface area contributed by atoms with Crippen LogP contribution in [0.3, 0.4) is 0 Å². The summed E-state index contributed by atoms with van der Waals surface area (Å²) in [6.45, 7) is 2.72. The Hall–Kier alpha value is -2.27. The molecule has 0 amide bonds. The van der Waals surface area contributed by atoms with E-state index in [4.69, 9.17) is 9.73 Å². The average Bonchev–Trinajstić information content (AvgIpc) is 3.09. The Kier molecular flexibility index (Phi) is 4.26. The molecule has 0 aromatic heterocycles. The topological polar surface area (TPSA) is 37.2 Å². The minimum absolute atomic E-state index is 0.291. The number of hydrazone groups is 1. The molecule has 0 aliphatic carbocycles. The van der Waals surface area contributed by atoms with Gasteiger partial charge in [-0.25, -0.2) is 10.0 Å². The molecule has 0 unspecified atom stereocenters. The van der Waals surface area contributed by atoms with E-state index in [0.29, 0.717) is 12.6 Å². The standard InChI is InChI=1S/C19H19N3OS/c1-14-5-4-6-15(13-14)23-11-12-24-19-21-17-8-3-2-7-16(17)18-9-10-20-22(18)19/h2-8,10,13,18H,9,11-12H2,1H3/t18-/m0/s1. The van der Waals surface area contributed by atoms with Crippen LogP contribution in [-0.4, -0.2) is 28.8 Å². The number of thioether (sulfide) groups is 1. The van der Waals surface area contributed by atoms with Crippen LogP contribution >= 0.6 is 11.8 Å². The van der Waals surface area contributed by atoms with Crippen molar-refractivity contribution in [2.75, 3.05) is 12.4 Å². The van der Waals surface area contributed by atoms with Gasteiger partial charge in [-0.1, -0.05) is 42.1 Å². The van der Waals surface area contributed by atoms with E-state index in [9.17, 15) is 0 Å². The van der Waals surface area contributed by atoms with E-state index in [2.05, 4.69) is 42.4 Å². The summed E-state index contributed by atoms with van der Waals surface area (Å²) in [7, 11) is 0. The molecule has 0 saturated carbocycles. The molecule has 24 heavy (non-hydrogen) atoms. The maximum absolute atomic E-state index is 5.83. The Morgan fingerprint density at radius 1 is 1.21 bits per heavy atom. The number of para-hydroxylation sites is 1. The summed E-state index contributed by atoms with van der Waals surface area (Å²) in [5, 5.41) is 7.50. The molecular weight excluding hydrogens is 318 g/mol. The zero-order chi connectivity index (χ0) is 16.4. The SMILES string of the molecule is Cc1cccc(OCCSC2=Nc3ccccc3[C@@H]3CC=NN23)c1. The number of nitrogens with zero attached hydrogens (tertiary/aromatic N) is 3. The zero-order valence-electron chi connectivity index (χ0n) is 13.6. The minimum Gasteiger partial charge on any atom is -0.493 e. The summed E-state index contributed by atoms with van der Waals surface area (Å²) < 4.78 is 5.83. The van der Waals surface area contributed by atoms with E-state index in [1.807, 2.05) is 29.4 Å². The molecule has 2 aliphatic heterocycles. The monoisotopic (exact) mass is 337 g/mol. The molecule has 2 aromatic carbocycles. The molecule has 1 atom stereocenters. The Labute approximate surface area is 146 Å². The van der Waals surface area contributed by atoms with Gasteiger partial charge in [0, 0.05) is 24.0 Å². The van der Waals surface area contributed by atoms with Crippen molar-refractivity contribution in [3.63, 3.8) is 0 Å². The highest BCUT2D eigenvalue weighted by Crippen LogP contribution is 2.40. The molecule has 0 saturated heterocycles. The van der Waals surface area contributed by atoms with Crippen molar-refractivity contribution in [1.29, 1.82) is 0 Å². The normalized spacial score (nSPS) is 18.1. The number of hydrogen-bond acceptors (Lipinski definition) is 5. The highest BCUT2D eigenvalue weighted by atomic mass is 32.2. The molecule has 4 rings (SSSR count). The molecule has 0 spiro atoms. The molecule has 2 heterocycles. The number of fused-ring (bicyclic) bond motifs is 3. The van der Waals surface area contributed by atoms with E-state index >= 15 is 0 Å². The van der Waals surface area contributed by atoms with Crippen LogP contribution in [0.4, 0.5) is 5.69 Å². The molecule has 0 bridgehead atoms. The van der Waals surface area contributed by atoms with E-state index in [-0.39, 0.29) is 0 Å². The van der Waals surface area contributed by atoms with Crippen LogP contribution in [0.5, 0.6) is 5.75 Å². The molecule has 0 fully saturated rings. The predicted molar refractivity (Wildman–Crippen MR) is 100 cm³/mol. The number of rotatable bonds is 4. The van der Waals surface area contributed by atoms with Crippen molar-refractivity contribution in [2.24, 2.45) is 10.1 Å². The lowest BCUT2D eigenvalue weighted by atomic mass is 10.0. The molecule has 0 radical (unpaired) electrons. The van der Waals surface area contributed by atoms with Gasteiger partial charge in [0.2, 0.25) is 0 Å². The van der Waals surface area contributed by atoms with Gasteiger partial charge in [-0.05, 0) is 30.7 Å². The van der Waals surface area contributed by atoms with Crippen LogP contribution in [0.2, 0.25) is 0 Å². The van der Waals surface area contributed by atoms with Crippen LogP contribution in [0.1, 0.15) is 23.6 Å². The fourth-order valence-corrected chi connectivity index (χ4v) is 3.80. The van der Waals surface area contributed by atoms with Gasteiger partial charge in [0.15, 0.2) is 5.17 Å². The molecule has 4 nitrogen and oxygen atoms in total. The number of aryl methyl sites for hydroxylation is 1. The molecule has 5 heteroatoms. The van der Waals surface area contributed by atoms with Crippen LogP contribution in [0.25, 0.3) is 0 Å². The summed E-state index contributed by atoms with van der Waals surface area (Å²) in [4.78, 5) is 4.78. The van der Waals surface area contributed by atoms with E-state index < -0.39 is 0 Å². The number of aliphatic imine (C=N–C) groups is 1. The van der Waals surface area contributed by atoms with Crippen LogP contribution in [0.15, 0.2) is 58.6 Å². The second kappa shape index (κ2) is 6.69. The van der Waals surface area contributed by atoms with Crippen molar-refractivity contribution in [1.82, 2.24) is 5.01 Å². The summed E-state index contributed by atoms with van der Waals surface area (Å²) in [5.41, 5.74) is 3.53. The van der Waals surface area contributed by atoms with E-state index in [1.54, 1.807) is 11.8 Å². The smallest absolute Gasteiger partial charge is 0.185 e. The summed E-state index contributed by atoms with van der Waals surface area (Å²) >= 11 is 1.70. The van der Waals surface area contributed by atoms with Gasteiger partial charge < -0.3 is 4.74 Å². The van der Waals surface area contributed by atoms with Gasteiger partial charge in [-0.3, -0.25) is 0 Å². The van der Waals surface area contributed by atoms with Crippen molar-refractivity contribution >= 4 is 28.8 Å². The lowest BCUT2D eigenvalue weighted by Crippen LogP contribution is -2.28. The third-order valence-electron chi connectivity index (χ3n) is 4.11. The maximum atomic E-state index is 5.83. The van der Waals surface area contributed by atoms with Gasteiger partial charge in [0.25, 0.3) is 0 Å². The third-order valence-corrected chi connectivity index (χ3v) is 5.02. The molecular formula is C19H19N3OS. The number of amidine groups is 1. The summed E-state index contributed by atoms with van der Waals surface area (Å²) in [5.74, 6) is 1.76. The highest BCUT2D eigenvalue weighted by molar-refractivity contribution is 8.13. The van der Waals surface area contributed by atoms with Gasteiger partial charge >= 0.3 is 0 Å². The van der Waals surface area contributed by atoms with Crippen molar-refractivity contribution in [3.8, 4) is 5.75 Å².